The number of likely N-dealkylation sites (N-methyl/N-ethyl adjacent to an activating group) is 1. The van der Waals surface area contributed by atoms with E-state index in [1.54, 1.807) is 6.07 Å². The normalized spacial score (nSPS) is 9.84. The van der Waals surface area contributed by atoms with E-state index in [4.69, 9.17) is 9.57 Å². The first-order valence-electron chi connectivity index (χ1n) is 5.84. The number of amides is 2. The number of aryl methyl sites for hydroxylation is 1. The summed E-state index contributed by atoms with van der Waals surface area (Å²) in [5.41, 5.74) is 4.21. The van der Waals surface area contributed by atoms with E-state index in [-0.39, 0.29) is 19.1 Å². The zero-order chi connectivity index (χ0) is 14.3. The molecule has 1 aromatic rings. The quantitative estimate of drug-likeness (QED) is 0.734. The maximum Gasteiger partial charge on any atom is 0.281 e. The third-order valence-electron chi connectivity index (χ3n) is 2.58. The SMILES string of the molecule is CNC(=O)CONC(=O)COc1cccc(C)c1C. The van der Waals surface area contributed by atoms with Crippen LogP contribution in [-0.4, -0.2) is 32.1 Å². The Morgan fingerprint density at radius 1 is 1.16 bits per heavy atom. The van der Waals surface area contributed by atoms with Crippen molar-refractivity contribution < 1.29 is 19.2 Å². The van der Waals surface area contributed by atoms with Crippen LogP contribution in [0.5, 0.6) is 5.75 Å². The van der Waals surface area contributed by atoms with Crippen LogP contribution in [0.1, 0.15) is 11.1 Å². The van der Waals surface area contributed by atoms with Gasteiger partial charge in [-0.1, -0.05) is 12.1 Å². The van der Waals surface area contributed by atoms with Crippen LogP contribution < -0.4 is 15.5 Å². The monoisotopic (exact) mass is 266 g/mol. The molecule has 0 fully saturated rings. The van der Waals surface area contributed by atoms with E-state index in [1.807, 2.05) is 26.0 Å². The zero-order valence-electron chi connectivity index (χ0n) is 11.3. The Morgan fingerprint density at radius 2 is 1.89 bits per heavy atom. The molecule has 0 bridgehead atoms. The molecule has 0 heterocycles. The first kappa shape index (κ1) is 15.0. The van der Waals surface area contributed by atoms with E-state index in [0.29, 0.717) is 5.75 Å². The Labute approximate surface area is 112 Å². The van der Waals surface area contributed by atoms with Gasteiger partial charge in [-0.3, -0.25) is 14.4 Å². The maximum atomic E-state index is 11.4. The van der Waals surface area contributed by atoms with Gasteiger partial charge in [0.2, 0.25) is 5.91 Å². The van der Waals surface area contributed by atoms with Gasteiger partial charge in [0, 0.05) is 7.05 Å². The van der Waals surface area contributed by atoms with Crippen molar-refractivity contribution in [2.24, 2.45) is 0 Å². The van der Waals surface area contributed by atoms with E-state index >= 15 is 0 Å². The molecule has 6 nitrogen and oxygen atoms in total. The second-order valence-electron chi connectivity index (χ2n) is 3.97. The molecular formula is C13H18N2O4. The van der Waals surface area contributed by atoms with Gasteiger partial charge < -0.3 is 10.1 Å². The predicted octanol–water partition coefficient (Wildman–Crippen LogP) is 0.476. The van der Waals surface area contributed by atoms with Crippen LogP contribution in [-0.2, 0) is 14.4 Å². The molecule has 0 radical (unpaired) electrons. The largest absolute Gasteiger partial charge is 0.483 e. The van der Waals surface area contributed by atoms with Crippen LogP contribution in [0.3, 0.4) is 0 Å². The standard InChI is InChI=1S/C13H18N2O4/c1-9-5-4-6-11(10(9)2)18-7-13(17)15-19-8-12(16)14-3/h4-6H,7-8H2,1-3H3,(H,14,16)(H,15,17). The maximum absolute atomic E-state index is 11.4. The summed E-state index contributed by atoms with van der Waals surface area (Å²) in [7, 11) is 1.48. The number of carbonyl (C=O) groups excluding carboxylic acids is 2. The van der Waals surface area contributed by atoms with Gasteiger partial charge in [0.1, 0.15) is 5.75 Å². The van der Waals surface area contributed by atoms with Gasteiger partial charge in [-0.05, 0) is 31.0 Å². The molecule has 0 aliphatic rings. The molecule has 0 unspecified atom stereocenters. The van der Waals surface area contributed by atoms with Crippen molar-refractivity contribution in [1.82, 2.24) is 10.8 Å². The fraction of sp³-hybridized carbons (Fsp3) is 0.385. The van der Waals surface area contributed by atoms with Gasteiger partial charge in [0.15, 0.2) is 13.2 Å². The molecule has 0 spiro atoms. The number of rotatable bonds is 6. The van der Waals surface area contributed by atoms with E-state index in [9.17, 15) is 9.59 Å². The van der Waals surface area contributed by atoms with Crippen LogP contribution in [0.25, 0.3) is 0 Å². The number of benzene rings is 1. The smallest absolute Gasteiger partial charge is 0.281 e. The average Bonchev–Trinajstić information content (AvgIpc) is 2.40. The van der Waals surface area contributed by atoms with Crippen molar-refractivity contribution in [2.75, 3.05) is 20.3 Å². The number of hydrogen-bond acceptors (Lipinski definition) is 4. The van der Waals surface area contributed by atoms with Crippen molar-refractivity contribution in [3.05, 3.63) is 29.3 Å². The van der Waals surface area contributed by atoms with Crippen LogP contribution in [0, 0.1) is 13.8 Å². The Kier molecular flexibility index (Phi) is 5.81. The Bertz CT molecular complexity index is 460. The third-order valence-corrected chi connectivity index (χ3v) is 2.58. The number of nitrogens with one attached hydrogen (secondary N) is 2. The van der Waals surface area contributed by atoms with Crippen molar-refractivity contribution in [3.8, 4) is 5.75 Å². The lowest BCUT2D eigenvalue weighted by molar-refractivity contribution is -0.140. The summed E-state index contributed by atoms with van der Waals surface area (Å²) >= 11 is 0. The third kappa shape index (κ3) is 4.97. The summed E-state index contributed by atoms with van der Waals surface area (Å²) < 4.78 is 5.37. The predicted molar refractivity (Wildman–Crippen MR) is 69.6 cm³/mol. The van der Waals surface area contributed by atoms with Gasteiger partial charge in [0.05, 0.1) is 0 Å². The number of hydroxylamine groups is 1. The lowest BCUT2D eigenvalue weighted by Crippen LogP contribution is -2.33. The second kappa shape index (κ2) is 7.38. The first-order chi connectivity index (χ1) is 9.04. The van der Waals surface area contributed by atoms with Crippen LogP contribution >= 0.6 is 0 Å². The molecule has 19 heavy (non-hydrogen) atoms. The minimum absolute atomic E-state index is 0.169. The van der Waals surface area contributed by atoms with E-state index in [2.05, 4.69) is 10.8 Å². The molecule has 0 saturated heterocycles. The molecule has 2 N–H and O–H groups in total. The zero-order valence-corrected chi connectivity index (χ0v) is 11.3. The van der Waals surface area contributed by atoms with Crippen molar-refractivity contribution in [3.63, 3.8) is 0 Å². The Balaban J connectivity index is 2.34. The van der Waals surface area contributed by atoms with Crippen LogP contribution in [0.15, 0.2) is 18.2 Å². The van der Waals surface area contributed by atoms with Crippen molar-refractivity contribution in [2.45, 2.75) is 13.8 Å². The highest BCUT2D eigenvalue weighted by molar-refractivity contribution is 5.78. The first-order valence-corrected chi connectivity index (χ1v) is 5.84. The highest BCUT2D eigenvalue weighted by Crippen LogP contribution is 2.20. The van der Waals surface area contributed by atoms with E-state index in [0.717, 1.165) is 11.1 Å². The summed E-state index contributed by atoms with van der Waals surface area (Å²) in [6.45, 7) is 3.49. The Hall–Kier alpha value is -2.08. The van der Waals surface area contributed by atoms with Gasteiger partial charge in [-0.15, -0.1) is 0 Å². The summed E-state index contributed by atoms with van der Waals surface area (Å²) in [6, 6.07) is 5.62. The number of hydrogen-bond donors (Lipinski definition) is 2. The summed E-state index contributed by atoms with van der Waals surface area (Å²) in [5, 5.41) is 2.36. The molecule has 0 aromatic heterocycles. The molecule has 0 saturated carbocycles. The number of carbonyl (C=O) groups is 2. The minimum Gasteiger partial charge on any atom is -0.483 e. The molecular weight excluding hydrogens is 248 g/mol. The molecule has 2 amide bonds. The minimum atomic E-state index is -0.454. The van der Waals surface area contributed by atoms with Gasteiger partial charge in [-0.2, -0.15) is 0 Å². The second-order valence-corrected chi connectivity index (χ2v) is 3.97. The molecule has 1 rings (SSSR count). The molecule has 0 aliphatic carbocycles. The van der Waals surface area contributed by atoms with Gasteiger partial charge >= 0.3 is 0 Å². The van der Waals surface area contributed by atoms with Crippen LogP contribution in [0.2, 0.25) is 0 Å². The highest BCUT2D eigenvalue weighted by Gasteiger charge is 2.06. The highest BCUT2D eigenvalue weighted by atomic mass is 16.7. The van der Waals surface area contributed by atoms with E-state index < -0.39 is 5.91 Å². The molecule has 0 atom stereocenters. The van der Waals surface area contributed by atoms with Gasteiger partial charge in [0.25, 0.3) is 5.91 Å². The molecule has 6 heteroatoms. The summed E-state index contributed by atoms with van der Waals surface area (Å²) in [4.78, 5) is 26.9. The molecule has 104 valence electrons. The lowest BCUT2D eigenvalue weighted by Gasteiger charge is -2.10. The fourth-order valence-corrected chi connectivity index (χ4v) is 1.31. The Morgan fingerprint density at radius 3 is 2.58 bits per heavy atom. The molecule has 1 aromatic carbocycles. The van der Waals surface area contributed by atoms with Crippen molar-refractivity contribution in [1.29, 1.82) is 0 Å². The summed E-state index contributed by atoms with van der Waals surface area (Å²) in [5.74, 6) is -0.123. The van der Waals surface area contributed by atoms with E-state index in [1.165, 1.54) is 7.05 Å². The average molecular weight is 266 g/mol. The van der Waals surface area contributed by atoms with Crippen molar-refractivity contribution >= 4 is 11.8 Å². The van der Waals surface area contributed by atoms with Gasteiger partial charge in [-0.25, -0.2) is 5.48 Å². The fourth-order valence-electron chi connectivity index (χ4n) is 1.31. The topological polar surface area (TPSA) is 76.7 Å². The lowest BCUT2D eigenvalue weighted by atomic mass is 10.1. The molecule has 0 aliphatic heterocycles. The van der Waals surface area contributed by atoms with Crippen LogP contribution in [0.4, 0.5) is 0 Å². The number of ether oxygens (including phenoxy) is 1. The summed E-state index contributed by atoms with van der Waals surface area (Å²) in [6.07, 6.45) is 0.